The molecule has 1 aliphatic heterocycles. The maximum Gasteiger partial charge on any atom is 0.415 e. The number of amides is 3. The van der Waals surface area contributed by atoms with Gasteiger partial charge in [-0.2, -0.15) is 0 Å². The smallest absolute Gasteiger partial charge is 0.415 e. The number of aliphatic hydroxyl groups is 1. The van der Waals surface area contributed by atoms with Gasteiger partial charge in [-0.1, -0.05) is 19.4 Å². The highest BCUT2D eigenvalue weighted by Crippen LogP contribution is 2.68. The van der Waals surface area contributed by atoms with Crippen molar-refractivity contribution in [2.24, 2.45) is 22.6 Å². The number of ether oxygens (including phenoxy) is 5. The first-order valence-electron chi connectivity index (χ1n) is 20.7. The van der Waals surface area contributed by atoms with Crippen LogP contribution in [0.1, 0.15) is 104 Å². The summed E-state index contributed by atoms with van der Waals surface area (Å²) in [7, 11) is 3.15. The lowest BCUT2D eigenvalue weighted by molar-refractivity contribution is -0.165. The van der Waals surface area contributed by atoms with Gasteiger partial charge in [0.1, 0.15) is 17.4 Å². The van der Waals surface area contributed by atoms with Crippen LogP contribution in [-0.4, -0.2) is 110 Å². The fraction of sp³-hybridized carbons (Fsp3) is 0.690. The van der Waals surface area contributed by atoms with E-state index >= 15 is 0 Å². The number of nitrogens with zero attached hydrogens (tertiary/aromatic N) is 2. The summed E-state index contributed by atoms with van der Waals surface area (Å²) in [6, 6.07) is 3.05. The number of hydrogen-bond acceptors (Lipinski definition) is 11. The summed E-state index contributed by atoms with van der Waals surface area (Å²) in [5.74, 6) is 1.36. The number of carbonyl (C=O) groups excluding carboxylic acids is 4. The Morgan fingerprint density at radius 3 is 2.59 bits per heavy atom. The number of alkyl carbamates (subject to hydrolysis) is 1. The number of rotatable bonds is 18. The average molecular weight is 813 g/mol. The largest absolute Gasteiger partial charge is 0.493 e. The molecule has 6 atom stereocenters. The van der Waals surface area contributed by atoms with Crippen molar-refractivity contribution >= 4 is 30.0 Å². The molecule has 16 heteroatoms. The van der Waals surface area contributed by atoms with Crippen molar-refractivity contribution in [1.82, 2.24) is 20.9 Å². The van der Waals surface area contributed by atoms with Crippen molar-refractivity contribution < 1.29 is 48.0 Å². The van der Waals surface area contributed by atoms with Crippen LogP contribution >= 0.6 is 0 Å². The van der Waals surface area contributed by atoms with Gasteiger partial charge in [-0.15, -0.1) is 0 Å². The highest BCUT2D eigenvalue weighted by atomic mass is 16.6. The Balaban J connectivity index is 1.30. The maximum atomic E-state index is 14.2. The molecule has 1 aromatic carbocycles. The number of methoxy groups -OCH3 is 1. The molecule has 1 aromatic rings. The molecule has 2 unspecified atom stereocenters. The normalized spacial score (nSPS) is 24.6. The van der Waals surface area contributed by atoms with E-state index < -0.39 is 46.9 Å². The van der Waals surface area contributed by atoms with Crippen LogP contribution in [0.5, 0.6) is 11.5 Å². The molecule has 322 valence electrons. The monoisotopic (exact) mass is 812 g/mol. The van der Waals surface area contributed by atoms with E-state index in [2.05, 4.69) is 33.9 Å². The number of carbonyl (C=O) groups is 4. The van der Waals surface area contributed by atoms with Gasteiger partial charge in [0.25, 0.3) is 0 Å². The van der Waals surface area contributed by atoms with Gasteiger partial charge >= 0.3 is 18.2 Å². The number of guanidine groups is 1. The summed E-state index contributed by atoms with van der Waals surface area (Å²) in [6.07, 6.45) is 5.15. The predicted molar refractivity (Wildman–Crippen MR) is 216 cm³/mol. The van der Waals surface area contributed by atoms with Crippen molar-refractivity contribution in [2.45, 2.75) is 128 Å². The van der Waals surface area contributed by atoms with E-state index in [0.29, 0.717) is 74.9 Å². The van der Waals surface area contributed by atoms with Crippen molar-refractivity contribution in [1.29, 1.82) is 0 Å². The van der Waals surface area contributed by atoms with E-state index in [-0.39, 0.29) is 50.3 Å². The summed E-state index contributed by atoms with van der Waals surface area (Å²) in [6.45, 7) is 10.4. The van der Waals surface area contributed by atoms with Crippen LogP contribution in [0.15, 0.2) is 29.0 Å². The summed E-state index contributed by atoms with van der Waals surface area (Å²) < 4.78 is 29.1. The first kappa shape index (κ1) is 44.4. The van der Waals surface area contributed by atoms with Crippen LogP contribution in [0.2, 0.25) is 0 Å². The molecule has 1 fully saturated rings. The molecule has 1 spiro atoms. The van der Waals surface area contributed by atoms with Crippen LogP contribution < -0.4 is 31.2 Å². The van der Waals surface area contributed by atoms with Crippen LogP contribution in [0.25, 0.3) is 0 Å². The quantitative estimate of drug-likeness (QED) is 0.0464. The minimum atomic E-state index is -1.09. The van der Waals surface area contributed by atoms with Gasteiger partial charge in [0.2, 0.25) is 5.91 Å². The Kier molecular flexibility index (Phi) is 14.5. The Hall–Kier alpha value is -4.73. The summed E-state index contributed by atoms with van der Waals surface area (Å²) in [5, 5.41) is 21.1. The predicted octanol–water partition coefficient (Wildman–Crippen LogP) is 4.20. The van der Waals surface area contributed by atoms with Gasteiger partial charge in [-0.25, -0.2) is 9.59 Å². The van der Waals surface area contributed by atoms with E-state index in [1.807, 2.05) is 6.07 Å². The first-order chi connectivity index (χ1) is 27.6. The molecular weight excluding hydrogens is 748 g/mol. The zero-order chi connectivity index (χ0) is 42.3. The second-order valence-corrected chi connectivity index (χ2v) is 16.8. The summed E-state index contributed by atoms with van der Waals surface area (Å²) >= 11 is 0. The van der Waals surface area contributed by atoms with Gasteiger partial charge in [-0.05, 0) is 109 Å². The van der Waals surface area contributed by atoms with Crippen molar-refractivity contribution in [3.8, 4) is 11.5 Å². The number of esters is 1. The minimum Gasteiger partial charge on any atom is -0.493 e. The Labute approximate surface area is 342 Å². The van der Waals surface area contributed by atoms with Crippen LogP contribution in [0.3, 0.4) is 0 Å². The second kappa shape index (κ2) is 18.9. The molecule has 16 nitrogen and oxygen atoms in total. The number of hydrogen-bond donors (Lipinski definition) is 5. The molecule has 3 amide bonds. The average Bonchev–Trinajstić information content (AvgIpc) is 3.53. The Morgan fingerprint density at radius 2 is 1.88 bits per heavy atom. The first-order valence-corrected chi connectivity index (χ1v) is 20.7. The van der Waals surface area contributed by atoms with E-state index in [9.17, 15) is 24.3 Å². The van der Waals surface area contributed by atoms with Crippen molar-refractivity contribution in [2.75, 3.05) is 46.9 Å². The van der Waals surface area contributed by atoms with Gasteiger partial charge in [0.15, 0.2) is 23.6 Å². The van der Waals surface area contributed by atoms with Gasteiger partial charge < -0.3 is 55.4 Å². The summed E-state index contributed by atoms with van der Waals surface area (Å²) in [4.78, 5) is 57.7. The minimum absolute atomic E-state index is 0.00984. The fourth-order valence-corrected chi connectivity index (χ4v) is 9.16. The zero-order valence-corrected chi connectivity index (χ0v) is 35.2. The van der Waals surface area contributed by atoms with Crippen LogP contribution in [-0.2, 0) is 35.6 Å². The highest BCUT2D eigenvalue weighted by molar-refractivity contribution is 5.85. The third kappa shape index (κ3) is 9.58. The Bertz CT molecular complexity index is 1730. The third-order valence-electron chi connectivity index (χ3n) is 11.9. The number of nitrogens with two attached hydrogens (primary N) is 1. The molecule has 3 aliphatic carbocycles. The van der Waals surface area contributed by atoms with Gasteiger partial charge in [-0.3, -0.25) is 14.6 Å². The van der Waals surface area contributed by atoms with E-state index in [1.165, 1.54) is 4.90 Å². The fourth-order valence-electron chi connectivity index (χ4n) is 9.16. The molecule has 6 N–H and O–H groups in total. The maximum absolute atomic E-state index is 14.2. The molecule has 5 rings (SSSR count). The number of benzene rings is 1. The molecule has 0 aromatic heterocycles. The molecular formula is C42H64N6O10. The highest BCUT2D eigenvalue weighted by Gasteiger charge is 2.72. The Morgan fingerprint density at radius 1 is 1.10 bits per heavy atom. The molecule has 0 saturated heterocycles. The molecule has 1 heterocycles. The van der Waals surface area contributed by atoms with E-state index in [1.54, 1.807) is 47.9 Å². The number of unbranched alkanes of at least 4 members (excludes halogenated alkanes) is 2. The summed E-state index contributed by atoms with van der Waals surface area (Å²) in [5.41, 5.74) is 5.16. The molecule has 2 bridgehead atoms. The molecule has 1 saturated carbocycles. The van der Waals surface area contributed by atoms with E-state index in [0.717, 1.165) is 24.0 Å². The molecule has 58 heavy (non-hydrogen) atoms. The SMILES string of the molecule is CCOC(=O)CCCCCN(CCNC(=O)[C@H](CCCNC(N)=NC)NC(=O)OC(C)(C)C)C(=O)OC1=CCC2(O)[C@H]3Cc4ccc(OC)c5c4[C@@]2(CC[C@H]3C)C1O5. The van der Waals surface area contributed by atoms with Crippen LogP contribution in [0, 0.1) is 11.8 Å². The van der Waals surface area contributed by atoms with Crippen molar-refractivity contribution in [3.05, 3.63) is 35.1 Å². The lowest BCUT2D eigenvalue weighted by Gasteiger charge is -2.61. The standard InChI is InChI=1S/C42H64N6O10/c1-8-55-32(49)14-10-9-11-23-48(24-22-45-36(50)29(13-12-21-46-37(43)44-6)47-38(51)58-40(3,4)5)39(52)56-31-18-20-42(53)28-25-27-15-16-30(54-7)34-33(27)41(42,35(31)57-34)19-17-26(28)2/h15-16,18,26,28-29,35,53H,8-14,17,19-25H2,1-7H3,(H,45,50)(H,47,51)(H3,43,44,46)/t26-,28+,29+,35?,41+,42?/m1/s1. The molecule has 0 radical (unpaired) electrons. The zero-order valence-electron chi connectivity index (χ0n) is 35.2. The molecule has 4 aliphatic rings. The third-order valence-corrected chi connectivity index (χ3v) is 11.9. The lowest BCUT2D eigenvalue weighted by atomic mass is 9.45. The van der Waals surface area contributed by atoms with Crippen LogP contribution in [0.4, 0.5) is 9.59 Å². The lowest BCUT2D eigenvalue weighted by Crippen LogP contribution is -2.69. The number of nitrogens with one attached hydrogen (secondary N) is 3. The number of aliphatic imine (C=N–C) groups is 1. The van der Waals surface area contributed by atoms with Gasteiger partial charge in [0, 0.05) is 45.2 Å². The second-order valence-electron chi connectivity index (χ2n) is 16.8. The van der Waals surface area contributed by atoms with E-state index in [4.69, 9.17) is 29.4 Å². The van der Waals surface area contributed by atoms with Gasteiger partial charge in [0.05, 0.1) is 24.7 Å². The van der Waals surface area contributed by atoms with Crippen molar-refractivity contribution in [3.63, 3.8) is 0 Å². The topological polar surface area (TPSA) is 212 Å².